The van der Waals surface area contributed by atoms with E-state index in [2.05, 4.69) is 34.6 Å². The van der Waals surface area contributed by atoms with Gasteiger partial charge in [-0.05, 0) is 39.0 Å². The second kappa shape index (κ2) is 21.7. The van der Waals surface area contributed by atoms with Crippen molar-refractivity contribution in [2.75, 3.05) is 32.8 Å². The van der Waals surface area contributed by atoms with Crippen molar-refractivity contribution in [2.24, 2.45) is 0 Å². The highest BCUT2D eigenvalue weighted by molar-refractivity contribution is 5.69. The van der Waals surface area contributed by atoms with E-state index in [9.17, 15) is 4.79 Å². The highest BCUT2D eigenvalue weighted by Gasteiger charge is 2.24. The maximum absolute atomic E-state index is 10.7. The first-order chi connectivity index (χ1) is 13.1. The number of unbranched alkanes of at least 4 members (excludes halogenated alkanes) is 6. The van der Waals surface area contributed by atoms with Gasteiger partial charge in [0.15, 0.2) is 0 Å². The van der Waals surface area contributed by atoms with Crippen LogP contribution < -0.4 is 0 Å². The molecule has 0 N–H and O–H groups in total. The third-order valence-electron chi connectivity index (χ3n) is 5.23. The summed E-state index contributed by atoms with van der Waals surface area (Å²) in [7, 11) is 0. The number of rotatable bonds is 17. The average Bonchev–Trinajstić information content (AvgIpc) is 2.68. The van der Waals surface area contributed by atoms with Crippen LogP contribution in [-0.2, 0) is 9.53 Å². The molecule has 0 rings (SSSR count). The Kier molecular flexibility index (Phi) is 23.0. The first-order valence-electron chi connectivity index (χ1n) is 12.1. The van der Waals surface area contributed by atoms with Crippen molar-refractivity contribution in [3.63, 3.8) is 0 Å². The fourth-order valence-electron chi connectivity index (χ4n) is 3.40. The lowest BCUT2D eigenvalue weighted by atomic mass is 10.1. The van der Waals surface area contributed by atoms with Gasteiger partial charge < -0.3 is 9.22 Å². The highest BCUT2D eigenvalue weighted by Crippen LogP contribution is 2.16. The Morgan fingerprint density at radius 3 is 1.26 bits per heavy atom. The number of hydrogen-bond acceptors (Lipinski definition) is 2. The predicted molar refractivity (Wildman–Crippen MR) is 120 cm³/mol. The lowest BCUT2D eigenvalue weighted by Gasteiger charge is -2.39. The SMILES string of the molecule is CCCCCC(=O)OCC.CCCC[N+](CCCC)(CCCC)CCCC. The van der Waals surface area contributed by atoms with Gasteiger partial charge in [-0.2, -0.15) is 0 Å². The Bertz CT molecular complexity index is 267. The fraction of sp³-hybridized carbons (Fsp3) is 0.958. The molecule has 0 radical (unpaired) electrons. The molecule has 0 aromatic heterocycles. The van der Waals surface area contributed by atoms with E-state index in [0.29, 0.717) is 13.0 Å². The van der Waals surface area contributed by atoms with E-state index in [-0.39, 0.29) is 5.97 Å². The third kappa shape index (κ3) is 18.6. The van der Waals surface area contributed by atoms with Gasteiger partial charge in [-0.3, -0.25) is 4.79 Å². The summed E-state index contributed by atoms with van der Waals surface area (Å²) in [6.07, 6.45) is 14.9. The van der Waals surface area contributed by atoms with Gasteiger partial charge in [0.25, 0.3) is 0 Å². The summed E-state index contributed by atoms with van der Waals surface area (Å²) >= 11 is 0. The third-order valence-corrected chi connectivity index (χ3v) is 5.23. The van der Waals surface area contributed by atoms with Gasteiger partial charge in [0.1, 0.15) is 0 Å². The predicted octanol–water partition coefficient (Wildman–Crippen LogP) is 7.13. The van der Waals surface area contributed by atoms with Gasteiger partial charge >= 0.3 is 5.97 Å². The van der Waals surface area contributed by atoms with Crippen LogP contribution in [0.1, 0.15) is 119 Å². The zero-order chi connectivity index (χ0) is 20.8. The summed E-state index contributed by atoms with van der Waals surface area (Å²) in [6, 6.07) is 0. The molecule has 0 aliphatic carbocycles. The molecule has 0 bridgehead atoms. The Labute approximate surface area is 171 Å². The van der Waals surface area contributed by atoms with E-state index in [1.54, 1.807) is 0 Å². The fourth-order valence-corrected chi connectivity index (χ4v) is 3.40. The molecular formula is C24H52NO2+. The minimum absolute atomic E-state index is 0.0593. The molecule has 0 aromatic carbocycles. The minimum atomic E-state index is -0.0593. The van der Waals surface area contributed by atoms with Gasteiger partial charge in [-0.1, -0.05) is 73.1 Å². The van der Waals surface area contributed by atoms with E-state index in [1.807, 2.05) is 6.92 Å². The van der Waals surface area contributed by atoms with E-state index < -0.39 is 0 Å². The van der Waals surface area contributed by atoms with E-state index in [0.717, 1.165) is 19.3 Å². The maximum Gasteiger partial charge on any atom is 0.305 e. The quantitative estimate of drug-likeness (QED) is 0.151. The first-order valence-corrected chi connectivity index (χ1v) is 12.1. The Morgan fingerprint density at radius 2 is 0.963 bits per heavy atom. The Morgan fingerprint density at radius 1 is 0.593 bits per heavy atom. The molecule has 0 aromatic rings. The molecule has 0 atom stereocenters. The lowest BCUT2D eigenvalue weighted by molar-refractivity contribution is -0.929. The van der Waals surface area contributed by atoms with Crippen LogP contribution in [0.5, 0.6) is 0 Å². The topological polar surface area (TPSA) is 26.3 Å². The van der Waals surface area contributed by atoms with Crippen molar-refractivity contribution in [1.29, 1.82) is 0 Å². The normalized spacial score (nSPS) is 11.0. The number of carbonyl (C=O) groups excluding carboxylic acids is 1. The van der Waals surface area contributed by atoms with Crippen LogP contribution in [0.25, 0.3) is 0 Å². The van der Waals surface area contributed by atoms with Crippen LogP contribution in [-0.4, -0.2) is 43.2 Å². The van der Waals surface area contributed by atoms with Crippen molar-refractivity contribution in [2.45, 2.75) is 119 Å². The Balaban J connectivity index is 0. The van der Waals surface area contributed by atoms with Crippen LogP contribution >= 0.6 is 0 Å². The van der Waals surface area contributed by atoms with Crippen LogP contribution in [0, 0.1) is 0 Å². The largest absolute Gasteiger partial charge is 0.466 e. The number of carbonyl (C=O) groups is 1. The molecule has 164 valence electrons. The van der Waals surface area contributed by atoms with E-state index in [1.165, 1.54) is 82.0 Å². The maximum atomic E-state index is 10.7. The second-order valence-corrected chi connectivity index (χ2v) is 7.91. The van der Waals surface area contributed by atoms with Crippen LogP contribution in [0.15, 0.2) is 0 Å². The van der Waals surface area contributed by atoms with Crippen molar-refractivity contribution in [3.05, 3.63) is 0 Å². The van der Waals surface area contributed by atoms with E-state index in [4.69, 9.17) is 4.74 Å². The standard InChI is InChI=1S/C16H36N.C8H16O2/c1-5-9-13-17(14-10-6-2,15-11-7-3)16-12-8-4;1-3-5-6-7-8(9)10-4-2/h5-16H2,1-4H3;3-7H2,1-2H3/q+1;. The van der Waals surface area contributed by atoms with Gasteiger partial charge in [0.2, 0.25) is 0 Å². The molecule has 0 unspecified atom stereocenters. The first kappa shape index (κ1) is 28.6. The van der Waals surface area contributed by atoms with Gasteiger partial charge in [-0.25, -0.2) is 0 Å². The zero-order valence-electron chi connectivity index (χ0n) is 19.8. The molecule has 0 saturated heterocycles. The molecular weight excluding hydrogens is 334 g/mol. The van der Waals surface area contributed by atoms with Crippen LogP contribution in [0.3, 0.4) is 0 Å². The molecule has 0 amide bonds. The molecule has 0 aliphatic heterocycles. The van der Waals surface area contributed by atoms with Crippen LogP contribution in [0.4, 0.5) is 0 Å². The number of quaternary nitrogens is 1. The van der Waals surface area contributed by atoms with Crippen molar-refractivity contribution >= 4 is 5.97 Å². The Hall–Kier alpha value is -0.570. The molecule has 0 saturated carbocycles. The summed E-state index contributed by atoms with van der Waals surface area (Å²) in [5.74, 6) is -0.0593. The molecule has 0 aliphatic rings. The average molecular weight is 387 g/mol. The molecule has 3 nitrogen and oxygen atoms in total. The molecule has 0 fully saturated rings. The number of hydrogen-bond donors (Lipinski definition) is 0. The van der Waals surface area contributed by atoms with Gasteiger partial charge in [0.05, 0.1) is 32.8 Å². The number of ether oxygens (including phenoxy) is 1. The molecule has 27 heavy (non-hydrogen) atoms. The van der Waals surface area contributed by atoms with Gasteiger partial charge in [0, 0.05) is 6.42 Å². The van der Waals surface area contributed by atoms with Crippen molar-refractivity contribution in [3.8, 4) is 0 Å². The summed E-state index contributed by atoms with van der Waals surface area (Å²) in [4.78, 5) is 10.7. The van der Waals surface area contributed by atoms with Crippen LogP contribution in [0.2, 0.25) is 0 Å². The summed E-state index contributed by atoms with van der Waals surface area (Å²) in [5, 5.41) is 0. The molecule has 0 spiro atoms. The number of nitrogens with zero attached hydrogens (tertiary/aromatic N) is 1. The highest BCUT2D eigenvalue weighted by atomic mass is 16.5. The molecule has 0 heterocycles. The number of esters is 1. The summed E-state index contributed by atoms with van der Waals surface area (Å²) in [6.45, 7) is 19.5. The minimum Gasteiger partial charge on any atom is -0.466 e. The van der Waals surface area contributed by atoms with Gasteiger partial charge in [-0.15, -0.1) is 0 Å². The second-order valence-electron chi connectivity index (χ2n) is 7.91. The lowest BCUT2D eigenvalue weighted by Crippen LogP contribution is -2.50. The smallest absolute Gasteiger partial charge is 0.305 e. The van der Waals surface area contributed by atoms with E-state index >= 15 is 0 Å². The van der Waals surface area contributed by atoms with Crippen molar-refractivity contribution < 1.29 is 14.0 Å². The monoisotopic (exact) mass is 386 g/mol. The summed E-state index contributed by atoms with van der Waals surface area (Å²) < 4.78 is 6.17. The summed E-state index contributed by atoms with van der Waals surface area (Å²) in [5.41, 5.74) is 0. The molecule has 3 heteroatoms. The van der Waals surface area contributed by atoms with Crippen molar-refractivity contribution in [1.82, 2.24) is 0 Å². The zero-order valence-corrected chi connectivity index (χ0v) is 19.8.